The van der Waals surface area contributed by atoms with Crippen LogP contribution in [0.15, 0.2) is 58.1 Å². The average molecular weight is 419 g/mol. The summed E-state index contributed by atoms with van der Waals surface area (Å²) in [6, 6.07) is 11.4. The van der Waals surface area contributed by atoms with Crippen LogP contribution in [0, 0.1) is 21.4 Å². The maximum atomic E-state index is 13.5. The number of fused-ring (bicyclic) bond motifs is 4. The van der Waals surface area contributed by atoms with Crippen molar-refractivity contribution >= 4 is 22.2 Å². The maximum absolute atomic E-state index is 13.5. The summed E-state index contributed by atoms with van der Waals surface area (Å²) in [5.74, 6) is -0.658. The van der Waals surface area contributed by atoms with Crippen LogP contribution >= 0.6 is 0 Å². The molecule has 2 aromatic carbocycles. The number of aromatic nitrogens is 2. The van der Waals surface area contributed by atoms with Crippen LogP contribution in [0.4, 0.5) is 5.69 Å². The standard InChI is InChI=1S/C23H21N3O5/c1-23(2)11-17-19(18(27)12-23)20(13-6-5-7-14(10-13)26(30)31)25-22(29)16-9-4-3-8-15(16)21(28)24(17)25/h3-10,17,19-20H,11-12H2,1-2H3. The topological polar surface area (TPSA) is 104 Å². The maximum Gasteiger partial charge on any atom is 0.273 e. The van der Waals surface area contributed by atoms with Gasteiger partial charge < -0.3 is 0 Å². The fraction of sp³-hybridized carbons (Fsp3) is 0.348. The van der Waals surface area contributed by atoms with E-state index in [1.165, 1.54) is 21.5 Å². The van der Waals surface area contributed by atoms with Crippen molar-refractivity contribution in [2.24, 2.45) is 11.3 Å². The van der Waals surface area contributed by atoms with Gasteiger partial charge in [-0.05, 0) is 29.5 Å². The summed E-state index contributed by atoms with van der Waals surface area (Å²) in [4.78, 5) is 51.2. The normalized spacial score (nSPS) is 24.1. The van der Waals surface area contributed by atoms with Gasteiger partial charge in [0.2, 0.25) is 0 Å². The van der Waals surface area contributed by atoms with Gasteiger partial charge in [0.05, 0.1) is 33.7 Å². The number of rotatable bonds is 2. The summed E-state index contributed by atoms with van der Waals surface area (Å²) in [5, 5.41) is 12.0. The Bertz CT molecular complexity index is 1380. The van der Waals surface area contributed by atoms with Gasteiger partial charge in [-0.15, -0.1) is 0 Å². The Balaban J connectivity index is 1.86. The van der Waals surface area contributed by atoms with Crippen LogP contribution in [0.1, 0.15) is 44.3 Å². The second kappa shape index (κ2) is 6.47. The second-order valence-electron chi connectivity index (χ2n) is 9.25. The first-order valence-corrected chi connectivity index (χ1v) is 10.2. The molecule has 1 saturated carbocycles. The molecule has 1 aliphatic heterocycles. The van der Waals surface area contributed by atoms with E-state index in [4.69, 9.17) is 0 Å². The highest BCUT2D eigenvalue weighted by Crippen LogP contribution is 2.51. The Morgan fingerprint density at radius 3 is 2.26 bits per heavy atom. The Morgan fingerprint density at radius 1 is 0.968 bits per heavy atom. The van der Waals surface area contributed by atoms with E-state index in [2.05, 4.69) is 0 Å². The Hall–Kier alpha value is -3.55. The van der Waals surface area contributed by atoms with Gasteiger partial charge in [-0.3, -0.25) is 24.5 Å². The van der Waals surface area contributed by atoms with Crippen LogP contribution in [0.3, 0.4) is 0 Å². The molecule has 5 rings (SSSR count). The Morgan fingerprint density at radius 2 is 1.61 bits per heavy atom. The summed E-state index contributed by atoms with van der Waals surface area (Å²) in [6.07, 6.45) is 0.892. The van der Waals surface area contributed by atoms with Gasteiger partial charge in [0.1, 0.15) is 5.78 Å². The molecule has 3 unspecified atom stereocenters. The SMILES string of the molecule is CC1(C)CC(=O)C2C(C1)n1c(=O)c3ccccc3c(=O)n1C2c1cccc([N+](=O)[O-])c1. The molecule has 2 aliphatic rings. The summed E-state index contributed by atoms with van der Waals surface area (Å²) in [6.45, 7) is 3.96. The van der Waals surface area contributed by atoms with E-state index in [-0.39, 0.29) is 33.4 Å². The average Bonchev–Trinajstić information content (AvgIpc) is 3.06. The Labute approximate surface area is 176 Å². The van der Waals surface area contributed by atoms with Crippen molar-refractivity contribution in [3.8, 4) is 0 Å². The molecule has 0 amide bonds. The van der Waals surface area contributed by atoms with E-state index in [9.17, 15) is 24.5 Å². The monoisotopic (exact) mass is 419 g/mol. The summed E-state index contributed by atoms with van der Waals surface area (Å²) >= 11 is 0. The number of hydrogen-bond donors (Lipinski definition) is 0. The lowest BCUT2D eigenvalue weighted by atomic mass is 9.67. The van der Waals surface area contributed by atoms with Crippen LogP contribution in [-0.4, -0.2) is 20.1 Å². The number of Topliss-reactive ketones (excluding diaryl/α,β-unsaturated/α-hetero) is 1. The zero-order valence-electron chi connectivity index (χ0n) is 17.1. The van der Waals surface area contributed by atoms with Crippen LogP contribution in [-0.2, 0) is 4.79 Å². The van der Waals surface area contributed by atoms with Crippen molar-refractivity contribution in [2.75, 3.05) is 0 Å². The van der Waals surface area contributed by atoms with Crippen molar-refractivity contribution < 1.29 is 9.72 Å². The number of nitrogens with zero attached hydrogens (tertiary/aromatic N) is 3. The lowest BCUT2D eigenvalue weighted by Crippen LogP contribution is -2.40. The predicted octanol–water partition coefficient (Wildman–Crippen LogP) is 3.22. The number of benzene rings is 2. The molecule has 0 N–H and O–H groups in total. The number of ketones is 1. The number of carbonyl (C=O) groups is 1. The van der Waals surface area contributed by atoms with Crippen LogP contribution < -0.4 is 11.1 Å². The number of carbonyl (C=O) groups excluding carboxylic acids is 1. The minimum atomic E-state index is -0.765. The van der Waals surface area contributed by atoms with Gasteiger partial charge in [-0.2, -0.15) is 0 Å². The lowest BCUT2D eigenvalue weighted by molar-refractivity contribution is -0.384. The zero-order chi connectivity index (χ0) is 22.1. The van der Waals surface area contributed by atoms with E-state index >= 15 is 0 Å². The molecule has 0 saturated heterocycles. The minimum Gasteiger partial charge on any atom is -0.299 e. The molecule has 3 atom stereocenters. The molecule has 1 fully saturated rings. The molecule has 8 heteroatoms. The van der Waals surface area contributed by atoms with E-state index in [1.54, 1.807) is 36.4 Å². The second-order valence-corrected chi connectivity index (χ2v) is 9.25. The Kier molecular flexibility index (Phi) is 4.05. The van der Waals surface area contributed by atoms with Crippen LogP contribution in [0.25, 0.3) is 10.8 Å². The minimum absolute atomic E-state index is 0.0307. The lowest BCUT2D eigenvalue weighted by Gasteiger charge is -2.37. The van der Waals surface area contributed by atoms with E-state index in [0.29, 0.717) is 23.8 Å². The molecule has 3 aromatic rings. The molecule has 1 aromatic heterocycles. The smallest absolute Gasteiger partial charge is 0.273 e. The van der Waals surface area contributed by atoms with Gasteiger partial charge in [0.15, 0.2) is 0 Å². The number of nitro benzene ring substituents is 1. The summed E-state index contributed by atoms with van der Waals surface area (Å²) in [5.41, 5.74) is -0.634. The van der Waals surface area contributed by atoms with Crippen molar-refractivity contribution in [1.29, 1.82) is 0 Å². The van der Waals surface area contributed by atoms with E-state index in [1.807, 2.05) is 13.8 Å². The molecular weight excluding hydrogens is 398 g/mol. The third kappa shape index (κ3) is 2.78. The predicted molar refractivity (Wildman–Crippen MR) is 114 cm³/mol. The van der Waals surface area contributed by atoms with Crippen molar-refractivity contribution in [3.63, 3.8) is 0 Å². The molecule has 2 heterocycles. The summed E-state index contributed by atoms with van der Waals surface area (Å²) in [7, 11) is 0. The van der Waals surface area contributed by atoms with Gasteiger partial charge >= 0.3 is 0 Å². The molecule has 31 heavy (non-hydrogen) atoms. The van der Waals surface area contributed by atoms with Crippen LogP contribution in [0.2, 0.25) is 0 Å². The van der Waals surface area contributed by atoms with Gasteiger partial charge in [0, 0.05) is 18.6 Å². The summed E-state index contributed by atoms with van der Waals surface area (Å²) < 4.78 is 2.82. The first-order chi connectivity index (χ1) is 14.7. The molecule has 158 valence electrons. The van der Waals surface area contributed by atoms with Crippen molar-refractivity contribution in [2.45, 2.75) is 38.8 Å². The van der Waals surface area contributed by atoms with Gasteiger partial charge in [-0.25, -0.2) is 9.36 Å². The van der Waals surface area contributed by atoms with Gasteiger partial charge in [-0.1, -0.05) is 38.1 Å². The highest BCUT2D eigenvalue weighted by Gasteiger charge is 2.52. The van der Waals surface area contributed by atoms with Crippen molar-refractivity contribution in [1.82, 2.24) is 9.36 Å². The highest BCUT2D eigenvalue weighted by molar-refractivity contribution is 5.85. The third-order valence-electron chi connectivity index (χ3n) is 6.58. The number of non-ortho nitro benzene ring substituents is 1. The highest BCUT2D eigenvalue weighted by atomic mass is 16.6. The molecular formula is C23H21N3O5. The van der Waals surface area contributed by atoms with E-state index in [0.717, 1.165) is 0 Å². The first kappa shape index (κ1) is 19.4. The quantitative estimate of drug-likeness (QED) is 0.469. The molecule has 1 aliphatic carbocycles. The molecule has 0 bridgehead atoms. The largest absolute Gasteiger partial charge is 0.299 e. The van der Waals surface area contributed by atoms with Crippen LogP contribution in [0.5, 0.6) is 0 Å². The zero-order valence-corrected chi connectivity index (χ0v) is 17.1. The van der Waals surface area contributed by atoms with Gasteiger partial charge in [0.25, 0.3) is 16.8 Å². The first-order valence-electron chi connectivity index (χ1n) is 10.2. The molecule has 0 spiro atoms. The van der Waals surface area contributed by atoms with E-state index < -0.39 is 22.9 Å². The fourth-order valence-electron chi connectivity index (χ4n) is 5.39. The number of hydrogen-bond acceptors (Lipinski definition) is 5. The third-order valence-corrected chi connectivity index (χ3v) is 6.58. The molecule has 8 nitrogen and oxygen atoms in total. The fourth-order valence-corrected chi connectivity index (χ4v) is 5.39. The van der Waals surface area contributed by atoms with Crippen molar-refractivity contribution in [3.05, 3.63) is 84.9 Å². The number of nitro groups is 1. The molecule has 0 radical (unpaired) electrons.